The molecule has 1 aliphatic carbocycles. The molecule has 2 N–H and O–H groups in total. The highest BCUT2D eigenvalue weighted by atomic mass is 16.2. The lowest BCUT2D eigenvalue weighted by Crippen LogP contribution is -2.43. The van der Waals surface area contributed by atoms with Gasteiger partial charge >= 0.3 is 0 Å². The number of fused-ring (bicyclic) bond motifs is 1. The number of likely N-dealkylation sites (N-methyl/N-ethyl adjacent to an activating group) is 1. The van der Waals surface area contributed by atoms with Crippen molar-refractivity contribution in [2.45, 2.75) is 18.9 Å². The van der Waals surface area contributed by atoms with E-state index in [1.165, 1.54) is 0 Å². The Morgan fingerprint density at radius 2 is 1.90 bits per heavy atom. The molecule has 20 heavy (non-hydrogen) atoms. The lowest BCUT2D eigenvalue weighted by molar-refractivity contribution is -0.135. The summed E-state index contributed by atoms with van der Waals surface area (Å²) in [6.07, 6.45) is 2.15. The van der Waals surface area contributed by atoms with Crippen molar-refractivity contribution in [1.29, 1.82) is 0 Å². The van der Waals surface area contributed by atoms with Gasteiger partial charge in [-0.3, -0.25) is 14.5 Å². The van der Waals surface area contributed by atoms with E-state index in [9.17, 15) is 9.59 Å². The molecule has 2 saturated heterocycles. The van der Waals surface area contributed by atoms with Gasteiger partial charge in [0.15, 0.2) is 0 Å². The summed E-state index contributed by atoms with van der Waals surface area (Å²) in [5.74, 6) is 1.41. The standard InChI is InChI=1S/C14H24N4O2/c1-17(8-13(19)16-12-2-3-12)14(20)9-18-6-10-4-15-5-11(10)7-18/h10-12,15H,2-9H2,1H3,(H,16,19). The first-order valence-corrected chi connectivity index (χ1v) is 7.58. The zero-order valence-corrected chi connectivity index (χ0v) is 12.1. The molecule has 6 nitrogen and oxygen atoms in total. The molecule has 2 heterocycles. The summed E-state index contributed by atoms with van der Waals surface area (Å²) < 4.78 is 0. The van der Waals surface area contributed by atoms with Crippen LogP contribution in [0.3, 0.4) is 0 Å². The SMILES string of the molecule is CN(CC(=O)NC1CC1)C(=O)CN1CC2CNCC2C1. The number of hydrogen-bond donors (Lipinski definition) is 2. The molecule has 0 radical (unpaired) electrons. The maximum Gasteiger partial charge on any atom is 0.239 e. The topological polar surface area (TPSA) is 64.7 Å². The molecule has 0 bridgehead atoms. The van der Waals surface area contributed by atoms with Gasteiger partial charge in [-0.25, -0.2) is 0 Å². The molecule has 3 fully saturated rings. The highest BCUT2D eigenvalue weighted by Crippen LogP contribution is 2.25. The van der Waals surface area contributed by atoms with Gasteiger partial charge in [-0.2, -0.15) is 0 Å². The number of likely N-dealkylation sites (tertiary alicyclic amines) is 1. The summed E-state index contributed by atoms with van der Waals surface area (Å²) in [5, 5.41) is 6.31. The molecule has 3 aliphatic rings. The van der Waals surface area contributed by atoms with Gasteiger partial charge in [-0.05, 0) is 37.8 Å². The van der Waals surface area contributed by atoms with E-state index in [1.54, 1.807) is 11.9 Å². The van der Waals surface area contributed by atoms with Crippen LogP contribution in [-0.4, -0.2) is 74.0 Å². The van der Waals surface area contributed by atoms with E-state index in [0.717, 1.165) is 39.0 Å². The van der Waals surface area contributed by atoms with Crippen molar-refractivity contribution < 1.29 is 9.59 Å². The Morgan fingerprint density at radius 3 is 2.50 bits per heavy atom. The van der Waals surface area contributed by atoms with Crippen molar-refractivity contribution >= 4 is 11.8 Å². The highest BCUT2D eigenvalue weighted by Gasteiger charge is 2.36. The Bertz CT molecular complexity index is 385. The monoisotopic (exact) mass is 280 g/mol. The van der Waals surface area contributed by atoms with Crippen molar-refractivity contribution in [2.75, 3.05) is 46.3 Å². The maximum absolute atomic E-state index is 12.1. The molecule has 1 saturated carbocycles. The number of nitrogens with zero attached hydrogens (tertiary/aromatic N) is 2. The molecule has 0 spiro atoms. The van der Waals surface area contributed by atoms with E-state index in [-0.39, 0.29) is 18.4 Å². The summed E-state index contributed by atoms with van der Waals surface area (Å²) in [5.41, 5.74) is 0. The first kappa shape index (κ1) is 13.8. The van der Waals surface area contributed by atoms with Gasteiger partial charge < -0.3 is 15.5 Å². The van der Waals surface area contributed by atoms with Crippen LogP contribution in [0.25, 0.3) is 0 Å². The summed E-state index contributed by atoms with van der Waals surface area (Å²) >= 11 is 0. The quantitative estimate of drug-likeness (QED) is 0.669. The van der Waals surface area contributed by atoms with Crippen LogP contribution in [0.2, 0.25) is 0 Å². The molecule has 2 amide bonds. The zero-order chi connectivity index (χ0) is 14.1. The Balaban J connectivity index is 1.40. The van der Waals surface area contributed by atoms with Gasteiger partial charge in [0.1, 0.15) is 0 Å². The van der Waals surface area contributed by atoms with Crippen molar-refractivity contribution in [3.8, 4) is 0 Å². The molecular formula is C14H24N4O2. The second-order valence-electron chi connectivity index (χ2n) is 6.46. The Kier molecular flexibility index (Phi) is 3.94. The van der Waals surface area contributed by atoms with Crippen LogP contribution in [0.4, 0.5) is 0 Å². The number of carbonyl (C=O) groups excluding carboxylic acids is 2. The third kappa shape index (κ3) is 3.30. The molecule has 2 aliphatic heterocycles. The van der Waals surface area contributed by atoms with Crippen LogP contribution in [0.5, 0.6) is 0 Å². The lowest BCUT2D eigenvalue weighted by Gasteiger charge is -2.21. The first-order chi connectivity index (χ1) is 9.61. The summed E-state index contributed by atoms with van der Waals surface area (Å²) in [6, 6.07) is 0.358. The number of nitrogens with one attached hydrogen (secondary N) is 2. The Hall–Kier alpha value is -1.14. The van der Waals surface area contributed by atoms with Crippen molar-refractivity contribution in [2.24, 2.45) is 11.8 Å². The normalized spacial score (nSPS) is 29.2. The lowest BCUT2D eigenvalue weighted by atomic mass is 10.0. The summed E-state index contributed by atoms with van der Waals surface area (Å²) in [4.78, 5) is 27.6. The average Bonchev–Trinajstić information content (AvgIpc) is 2.94. The predicted octanol–water partition coefficient (Wildman–Crippen LogP) is -1.13. The van der Waals surface area contributed by atoms with E-state index in [2.05, 4.69) is 15.5 Å². The Labute approximate surface area is 119 Å². The van der Waals surface area contributed by atoms with E-state index in [0.29, 0.717) is 24.4 Å². The third-order valence-corrected chi connectivity index (χ3v) is 4.57. The minimum absolute atomic E-state index is 0.0363. The second kappa shape index (κ2) is 5.69. The van der Waals surface area contributed by atoms with Gasteiger partial charge in [0.2, 0.25) is 11.8 Å². The van der Waals surface area contributed by atoms with Crippen LogP contribution in [0, 0.1) is 11.8 Å². The number of rotatable bonds is 5. The van der Waals surface area contributed by atoms with Crippen LogP contribution >= 0.6 is 0 Å². The second-order valence-corrected chi connectivity index (χ2v) is 6.46. The van der Waals surface area contributed by atoms with E-state index in [1.807, 2.05) is 0 Å². The van der Waals surface area contributed by atoms with Gasteiger partial charge in [0.05, 0.1) is 13.1 Å². The molecule has 2 unspecified atom stereocenters. The molecule has 0 aromatic heterocycles. The van der Waals surface area contributed by atoms with Crippen molar-refractivity contribution in [3.05, 3.63) is 0 Å². The minimum Gasteiger partial charge on any atom is -0.352 e. The fraction of sp³-hybridized carbons (Fsp3) is 0.857. The van der Waals surface area contributed by atoms with Gasteiger partial charge in [0, 0.05) is 26.2 Å². The third-order valence-electron chi connectivity index (χ3n) is 4.57. The predicted molar refractivity (Wildman–Crippen MR) is 75.1 cm³/mol. The van der Waals surface area contributed by atoms with Crippen LogP contribution in [0.15, 0.2) is 0 Å². The van der Waals surface area contributed by atoms with Crippen LogP contribution in [0.1, 0.15) is 12.8 Å². The number of amides is 2. The van der Waals surface area contributed by atoms with Crippen molar-refractivity contribution in [1.82, 2.24) is 20.4 Å². The smallest absolute Gasteiger partial charge is 0.239 e. The largest absolute Gasteiger partial charge is 0.352 e. The highest BCUT2D eigenvalue weighted by molar-refractivity contribution is 5.85. The molecule has 0 aromatic rings. The Morgan fingerprint density at radius 1 is 1.25 bits per heavy atom. The van der Waals surface area contributed by atoms with E-state index >= 15 is 0 Å². The van der Waals surface area contributed by atoms with Crippen molar-refractivity contribution in [3.63, 3.8) is 0 Å². The molecule has 0 aromatic carbocycles. The van der Waals surface area contributed by atoms with Gasteiger partial charge in [-0.15, -0.1) is 0 Å². The molecular weight excluding hydrogens is 256 g/mol. The molecule has 2 atom stereocenters. The van der Waals surface area contributed by atoms with Crippen LogP contribution in [-0.2, 0) is 9.59 Å². The fourth-order valence-corrected chi connectivity index (χ4v) is 3.20. The number of carbonyl (C=O) groups is 2. The van der Waals surface area contributed by atoms with Gasteiger partial charge in [0.25, 0.3) is 0 Å². The number of hydrogen-bond acceptors (Lipinski definition) is 4. The zero-order valence-electron chi connectivity index (χ0n) is 12.1. The van der Waals surface area contributed by atoms with E-state index in [4.69, 9.17) is 0 Å². The molecule has 112 valence electrons. The maximum atomic E-state index is 12.1. The molecule has 6 heteroatoms. The summed E-state index contributed by atoms with van der Waals surface area (Å²) in [7, 11) is 1.72. The average molecular weight is 280 g/mol. The van der Waals surface area contributed by atoms with E-state index < -0.39 is 0 Å². The summed E-state index contributed by atoms with van der Waals surface area (Å²) in [6.45, 7) is 4.79. The first-order valence-electron chi connectivity index (χ1n) is 7.58. The minimum atomic E-state index is -0.0363. The van der Waals surface area contributed by atoms with Crippen LogP contribution < -0.4 is 10.6 Å². The fourth-order valence-electron chi connectivity index (χ4n) is 3.20. The van der Waals surface area contributed by atoms with Gasteiger partial charge in [-0.1, -0.05) is 0 Å². The molecule has 3 rings (SSSR count).